The maximum absolute atomic E-state index is 11.2. The molecule has 138 valence electrons. The molecule has 0 spiro atoms. The van der Waals surface area contributed by atoms with Crippen LogP contribution in [0.3, 0.4) is 0 Å². The Kier molecular flexibility index (Phi) is 4.79. The summed E-state index contributed by atoms with van der Waals surface area (Å²) < 4.78 is 11.8. The molecule has 7 heteroatoms. The van der Waals surface area contributed by atoms with Crippen molar-refractivity contribution in [3.63, 3.8) is 0 Å². The summed E-state index contributed by atoms with van der Waals surface area (Å²) in [4.78, 5) is 19.5. The number of aromatic nitrogens is 1. The average Bonchev–Trinajstić information content (AvgIpc) is 2.68. The molecule has 1 unspecified atom stereocenters. The molecule has 1 aliphatic carbocycles. The monoisotopic (exact) mass is 356 g/mol. The Morgan fingerprint density at radius 3 is 2.88 bits per heavy atom. The predicted molar refractivity (Wildman–Crippen MR) is 97.1 cm³/mol. The standard InChI is InChI=1S/C19H24N4O3/c20-19(24)23-10-8-22(9-11-23)12-14-3-5-15(6-4-14)17-13-25-16-2-1-7-21-18(16)26-17/h1-5,7,15,17H,6,8-13H2,(H2,20,24)/t15?,17-/m1/s1. The zero-order valence-electron chi connectivity index (χ0n) is 14.7. The molecule has 1 fully saturated rings. The highest BCUT2D eigenvalue weighted by molar-refractivity contribution is 5.72. The molecule has 1 aromatic rings. The number of nitrogens with two attached hydrogens (primary N) is 1. The summed E-state index contributed by atoms with van der Waals surface area (Å²) >= 11 is 0. The minimum Gasteiger partial charge on any atom is -0.484 e. The largest absolute Gasteiger partial charge is 0.484 e. The first-order valence-electron chi connectivity index (χ1n) is 9.07. The highest BCUT2D eigenvalue weighted by atomic mass is 16.6. The lowest BCUT2D eigenvalue weighted by atomic mass is 9.91. The van der Waals surface area contributed by atoms with E-state index in [0.29, 0.717) is 31.5 Å². The molecule has 3 heterocycles. The van der Waals surface area contributed by atoms with Crippen molar-refractivity contribution in [3.8, 4) is 11.6 Å². The van der Waals surface area contributed by atoms with Crippen LogP contribution in [0, 0.1) is 5.92 Å². The van der Waals surface area contributed by atoms with Crippen molar-refractivity contribution < 1.29 is 14.3 Å². The second kappa shape index (κ2) is 7.37. The number of hydrogen-bond donors (Lipinski definition) is 1. The molecule has 1 aromatic heterocycles. The first kappa shape index (κ1) is 16.9. The fourth-order valence-corrected chi connectivity index (χ4v) is 3.59. The van der Waals surface area contributed by atoms with Gasteiger partial charge >= 0.3 is 6.03 Å². The third kappa shape index (κ3) is 3.67. The maximum atomic E-state index is 11.2. The van der Waals surface area contributed by atoms with Gasteiger partial charge in [-0.05, 0) is 24.1 Å². The molecule has 3 aliphatic rings. The molecule has 4 rings (SSSR count). The summed E-state index contributed by atoms with van der Waals surface area (Å²) in [6.45, 7) is 4.58. The van der Waals surface area contributed by atoms with Crippen LogP contribution < -0.4 is 15.2 Å². The van der Waals surface area contributed by atoms with Gasteiger partial charge < -0.3 is 20.1 Å². The van der Waals surface area contributed by atoms with Crippen LogP contribution in [0.2, 0.25) is 0 Å². The lowest BCUT2D eigenvalue weighted by Gasteiger charge is -2.34. The first-order chi connectivity index (χ1) is 12.7. The highest BCUT2D eigenvalue weighted by Crippen LogP contribution is 2.32. The number of urea groups is 1. The van der Waals surface area contributed by atoms with E-state index in [2.05, 4.69) is 28.1 Å². The molecular formula is C19H24N4O3. The van der Waals surface area contributed by atoms with Gasteiger partial charge in [0, 0.05) is 44.8 Å². The zero-order chi connectivity index (χ0) is 17.9. The summed E-state index contributed by atoms with van der Waals surface area (Å²) in [6, 6.07) is 3.40. The number of primary amides is 1. The molecular weight excluding hydrogens is 332 g/mol. The van der Waals surface area contributed by atoms with E-state index in [0.717, 1.165) is 31.8 Å². The van der Waals surface area contributed by atoms with Crippen LogP contribution in [0.15, 0.2) is 42.1 Å². The summed E-state index contributed by atoms with van der Waals surface area (Å²) in [7, 11) is 0. The van der Waals surface area contributed by atoms with Gasteiger partial charge in [-0.2, -0.15) is 0 Å². The molecule has 0 saturated carbocycles. The van der Waals surface area contributed by atoms with Gasteiger partial charge in [-0.15, -0.1) is 0 Å². The topological polar surface area (TPSA) is 80.9 Å². The van der Waals surface area contributed by atoms with Crippen molar-refractivity contribution in [1.82, 2.24) is 14.8 Å². The van der Waals surface area contributed by atoms with Crippen LogP contribution in [0.1, 0.15) is 6.42 Å². The van der Waals surface area contributed by atoms with E-state index in [1.54, 1.807) is 11.1 Å². The van der Waals surface area contributed by atoms with Gasteiger partial charge in [0.05, 0.1) is 0 Å². The molecule has 2 atom stereocenters. The lowest BCUT2D eigenvalue weighted by molar-refractivity contribution is 0.0569. The van der Waals surface area contributed by atoms with Gasteiger partial charge in [0.15, 0.2) is 5.75 Å². The van der Waals surface area contributed by atoms with E-state index >= 15 is 0 Å². The van der Waals surface area contributed by atoms with Crippen LogP contribution in [0.25, 0.3) is 0 Å². The number of piperazine rings is 1. The molecule has 7 nitrogen and oxygen atoms in total. The van der Waals surface area contributed by atoms with Crippen LogP contribution in [-0.2, 0) is 0 Å². The minimum atomic E-state index is -0.324. The quantitative estimate of drug-likeness (QED) is 0.886. The van der Waals surface area contributed by atoms with Gasteiger partial charge in [-0.1, -0.05) is 18.2 Å². The van der Waals surface area contributed by atoms with E-state index in [1.165, 1.54) is 5.57 Å². The van der Waals surface area contributed by atoms with Crippen LogP contribution in [0.5, 0.6) is 11.6 Å². The molecule has 0 bridgehead atoms. The van der Waals surface area contributed by atoms with Gasteiger partial charge in [0.25, 0.3) is 5.88 Å². The number of fused-ring (bicyclic) bond motifs is 1. The Labute approximate surface area is 153 Å². The molecule has 26 heavy (non-hydrogen) atoms. The Morgan fingerprint density at radius 1 is 1.31 bits per heavy atom. The smallest absolute Gasteiger partial charge is 0.314 e. The van der Waals surface area contributed by atoms with E-state index in [4.69, 9.17) is 15.2 Å². The van der Waals surface area contributed by atoms with Crippen LogP contribution in [-0.4, -0.2) is 66.2 Å². The van der Waals surface area contributed by atoms with Crippen LogP contribution >= 0.6 is 0 Å². The van der Waals surface area contributed by atoms with Crippen molar-refractivity contribution in [2.45, 2.75) is 12.5 Å². The van der Waals surface area contributed by atoms with Crippen molar-refractivity contribution in [3.05, 3.63) is 42.1 Å². The molecule has 1 saturated heterocycles. The molecule has 0 aromatic carbocycles. The molecule has 0 radical (unpaired) electrons. The fraction of sp³-hybridized carbons (Fsp3) is 0.474. The van der Waals surface area contributed by atoms with Gasteiger partial charge in [-0.25, -0.2) is 9.78 Å². The Bertz CT molecular complexity index is 725. The number of nitrogens with zero attached hydrogens (tertiary/aromatic N) is 3. The van der Waals surface area contributed by atoms with E-state index < -0.39 is 0 Å². The number of ether oxygens (including phenoxy) is 2. The third-order valence-corrected chi connectivity index (χ3v) is 5.18. The van der Waals surface area contributed by atoms with Crippen molar-refractivity contribution >= 4 is 6.03 Å². The second-order valence-electron chi connectivity index (χ2n) is 6.91. The van der Waals surface area contributed by atoms with Gasteiger partial charge in [0.1, 0.15) is 12.7 Å². The number of amides is 2. The summed E-state index contributed by atoms with van der Waals surface area (Å²) in [5.74, 6) is 1.59. The number of hydrogen-bond acceptors (Lipinski definition) is 5. The summed E-state index contributed by atoms with van der Waals surface area (Å²) in [6.07, 6.45) is 9.33. The number of allylic oxidation sites excluding steroid dienone is 1. The van der Waals surface area contributed by atoms with Gasteiger partial charge in [0.2, 0.25) is 0 Å². The lowest BCUT2D eigenvalue weighted by Crippen LogP contribution is -2.50. The number of pyridine rings is 1. The Hall–Kier alpha value is -2.54. The number of rotatable bonds is 3. The van der Waals surface area contributed by atoms with Crippen molar-refractivity contribution in [1.29, 1.82) is 0 Å². The molecule has 2 N–H and O–H groups in total. The minimum absolute atomic E-state index is 0.00874. The second-order valence-corrected chi connectivity index (χ2v) is 6.91. The SMILES string of the molecule is NC(=O)N1CCN(CC2=CCC([C@H]3COc4cccnc4O3)C=C2)CC1. The Morgan fingerprint density at radius 2 is 2.15 bits per heavy atom. The van der Waals surface area contributed by atoms with E-state index in [9.17, 15) is 4.79 Å². The maximum Gasteiger partial charge on any atom is 0.314 e. The van der Waals surface area contributed by atoms with Crippen LogP contribution in [0.4, 0.5) is 4.79 Å². The number of carbonyl (C=O) groups excluding carboxylic acids is 1. The number of carbonyl (C=O) groups is 1. The highest BCUT2D eigenvalue weighted by Gasteiger charge is 2.29. The average molecular weight is 356 g/mol. The molecule has 2 aliphatic heterocycles. The summed E-state index contributed by atoms with van der Waals surface area (Å²) in [5.41, 5.74) is 6.64. The zero-order valence-corrected chi connectivity index (χ0v) is 14.7. The fourth-order valence-electron chi connectivity index (χ4n) is 3.59. The predicted octanol–water partition coefficient (Wildman–Crippen LogP) is 1.42. The van der Waals surface area contributed by atoms with Crippen molar-refractivity contribution in [2.75, 3.05) is 39.3 Å². The first-order valence-corrected chi connectivity index (χ1v) is 9.07. The van der Waals surface area contributed by atoms with Gasteiger partial charge in [-0.3, -0.25) is 4.90 Å². The third-order valence-electron chi connectivity index (χ3n) is 5.18. The van der Waals surface area contributed by atoms with E-state index in [1.807, 2.05) is 12.1 Å². The van der Waals surface area contributed by atoms with Crippen molar-refractivity contribution in [2.24, 2.45) is 11.7 Å². The normalized spacial score (nSPS) is 25.7. The Balaban J connectivity index is 1.28. The van der Waals surface area contributed by atoms with E-state index in [-0.39, 0.29) is 12.1 Å². The molecule has 2 amide bonds. The summed E-state index contributed by atoms with van der Waals surface area (Å²) in [5, 5.41) is 0.